The number of halogens is 5. The molecule has 3 aromatic rings. The van der Waals surface area contributed by atoms with Crippen molar-refractivity contribution in [2.75, 3.05) is 4.90 Å². The molecule has 0 bridgehead atoms. The summed E-state index contributed by atoms with van der Waals surface area (Å²) in [4.78, 5) is 13.2. The van der Waals surface area contributed by atoms with Crippen LogP contribution < -0.4 is 4.90 Å². The fraction of sp³-hybridized carbons (Fsp3) is 0.0870. The molecule has 160 valence electrons. The maximum absolute atomic E-state index is 13.1. The van der Waals surface area contributed by atoms with Crippen molar-refractivity contribution in [2.24, 2.45) is 0 Å². The Labute approximate surface area is 174 Å². The summed E-state index contributed by atoms with van der Waals surface area (Å²) in [6, 6.07) is 24.3. The Hall–Kier alpha value is -3.68. The van der Waals surface area contributed by atoms with Gasteiger partial charge < -0.3 is 10.0 Å². The largest absolute Gasteiger partial charge is 0.507 e. The third-order valence-corrected chi connectivity index (χ3v) is 4.38. The molecule has 0 unspecified atom stereocenters. The molecule has 0 atom stereocenters. The summed E-state index contributed by atoms with van der Waals surface area (Å²) in [6.07, 6.45) is -6.16. The summed E-state index contributed by atoms with van der Waals surface area (Å²) in [5.74, 6) is -9.12. The molecule has 0 fully saturated rings. The van der Waals surface area contributed by atoms with Gasteiger partial charge in [-0.2, -0.15) is 22.0 Å². The highest BCUT2D eigenvalue weighted by molar-refractivity contribution is 6.00. The van der Waals surface area contributed by atoms with E-state index in [1.54, 1.807) is 12.1 Å². The minimum atomic E-state index is -6.05. The van der Waals surface area contributed by atoms with Crippen LogP contribution in [0.15, 0.2) is 91.0 Å². The van der Waals surface area contributed by atoms with E-state index in [4.69, 9.17) is 0 Å². The number of para-hydroxylation sites is 2. The van der Waals surface area contributed by atoms with Gasteiger partial charge in [0, 0.05) is 28.7 Å². The van der Waals surface area contributed by atoms with Gasteiger partial charge in [0.2, 0.25) is 5.78 Å². The first-order valence-corrected chi connectivity index (χ1v) is 9.01. The molecule has 0 heterocycles. The number of rotatable bonds is 6. The van der Waals surface area contributed by atoms with Crippen molar-refractivity contribution in [2.45, 2.75) is 12.1 Å². The number of nitrogens with zero attached hydrogens (tertiary/aromatic N) is 1. The van der Waals surface area contributed by atoms with Crippen LogP contribution in [0.3, 0.4) is 0 Å². The standard InChI is InChI=1S/C23H16F5NO2/c24-22(25,23(26,27)28)21(31)15-20(30)16-11-13-19(14-12-16)29(17-7-3-1-4-8-17)18-9-5-2-6-10-18/h1-15,30H/b20-15-. The number of allylic oxidation sites excluding steroid dienone is 1. The van der Waals surface area contributed by atoms with E-state index in [0.717, 1.165) is 11.4 Å². The molecule has 0 aliphatic rings. The minimum Gasteiger partial charge on any atom is -0.507 e. The van der Waals surface area contributed by atoms with E-state index < -0.39 is 23.6 Å². The SMILES string of the molecule is O=C(/C=C(\O)c1ccc(N(c2ccccc2)c2ccccc2)cc1)C(F)(F)C(F)(F)F. The van der Waals surface area contributed by atoms with E-state index in [1.165, 1.54) is 12.1 Å². The van der Waals surface area contributed by atoms with Crippen LogP contribution in [0.5, 0.6) is 0 Å². The Balaban J connectivity index is 1.93. The highest BCUT2D eigenvalue weighted by Gasteiger charge is 2.62. The first-order valence-electron chi connectivity index (χ1n) is 9.01. The monoisotopic (exact) mass is 433 g/mol. The van der Waals surface area contributed by atoms with E-state index in [-0.39, 0.29) is 11.6 Å². The topological polar surface area (TPSA) is 40.5 Å². The van der Waals surface area contributed by atoms with E-state index in [1.807, 2.05) is 65.6 Å². The second-order valence-corrected chi connectivity index (χ2v) is 6.52. The lowest BCUT2D eigenvalue weighted by molar-refractivity contribution is -0.266. The molecule has 3 nitrogen and oxygen atoms in total. The predicted octanol–water partition coefficient (Wildman–Crippen LogP) is 6.82. The van der Waals surface area contributed by atoms with Crippen LogP contribution in [0.2, 0.25) is 0 Å². The average Bonchev–Trinajstić information content (AvgIpc) is 2.75. The fourth-order valence-electron chi connectivity index (χ4n) is 2.82. The van der Waals surface area contributed by atoms with Crippen molar-refractivity contribution in [3.05, 3.63) is 96.6 Å². The Morgan fingerprint density at radius 1 is 0.710 bits per heavy atom. The summed E-state index contributed by atoms with van der Waals surface area (Å²) < 4.78 is 63.2. The van der Waals surface area contributed by atoms with Crippen LogP contribution in [0, 0.1) is 0 Å². The molecular formula is C23H16F5NO2. The number of hydrogen-bond acceptors (Lipinski definition) is 3. The number of benzene rings is 3. The number of alkyl halides is 5. The third kappa shape index (κ3) is 4.74. The van der Waals surface area contributed by atoms with Gasteiger partial charge >= 0.3 is 12.1 Å². The zero-order valence-electron chi connectivity index (χ0n) is 15.9. The summed E-state index contributed by atoms with van der Waals surface area (Å²) in [5, 5.41) is 9.91. The molecule has 0 aliphatic heterocycles. The van der Waals surface area contributed by atoms with Crippen molar-refractivity contribution >= 4 is 28.6 Å². The van der Waals surface area contributed by atoms with Gasteiger partial charge in [-0.05, 0) is 48.5 Å². The molecule has 0 radical (unpaired) electrons. The molecule has 31 heavy (non-hydrogen) atoms. The quantitative estimate of drug-likeness (QED) is 0.263. The molecule has 0 aromatic heterocycles. The Morgan fingerprint density at radius 2 is 1.13 bits per heavy atom. The van der Waals surface area contributed by atoms with Crippen LogP contribution in [0.1, 0.15) is 5.56 Å². The Kier molecular flexibility index (Phi) is 6.10. The Bertz CT molecular complexity index is 1020. The van der Waals surface area contributed by atoms with Gasteiger partial charge in [0.25, 0.3) is 0 Å². The van der Waals surface area contributed by atoms with E-state index >= 15 is 0 Å². The van der Waals surface area contributed by atoms with E-state index in [2.05, 4.69) is 0 Å². The zero-order chi connectivity index (χ0) is 22.6. The summed E-state index contributed by atoms with van der Waals surface area (Å²) >= 11 is 0. The van der Waals surface area contributed by atoms with Gasteiger partial charge in [0.05, 0.1) is 0 Å². The molecule has 0 aliphatic carbocycles. The molecule has 8 heteroatoms. The van der Waals surface area contributed by atoms with E-state index in [9.17, 15) is 31.9 Å². The number of hydrogen-bond donors (Lipinski definition) is 1. The van der Waals surface area contributed by atoms with Crippen LogP contribution >= 0.6 is 0 Å². The second-order valence-electron chi connectivity index (χ2n) is 6.52. The van der Waals surface area contributed by atoms with Gasteiger partial charge in [-0.25, -0.2) is 0 Å². The fourth-order valence-corrected chi connectivity index (χ4v) is 2.82. The van der Waals surface area contributed by atoms with Crippen LogP contribution in [0.25, 0.3) is 5.76 Å². The number of anilines is 3. The van der Waals surface area contributed by atoms with Gasteiger partial charge in [-0.3, -0.25) is 4.79 Å². The number of aliphatic hydroxyl groups is 1. The highest BCUT2D eigenvalue weighted by Crippen LogP contribution is 2.37. The first kappa shape index (κ1) is 22.0. The van der Waals surface area contributed by atoms with Crippen molar-refractivity contribution in [3.8, 4) is 0 Å². The summed E-state index contributed by atoms with van der Waals surface area (Å²) in [6.45, 7) is 0. The lowest BCUT2D eigenvalue weighted by Crippen LogP contribution is -2.43. The van der Waals surface area contributed by atoms with Gasteiger partial charge in [0.1, 0.15) is 5.76 Å². The van der Waals surface area contributed by atoms with Crippen molar-refractivity contribution in [1.29, 1.82) is 0 Å². The summed E-state index contributed by atoms with van der Waals surface area (Å²) in [5.41, 5.74) is 2.19. The van der Waals surface area contributed by atoms with Crippen molar-refractivity contribution in [3.63, 3.8) is 0 Å². The van der Waals surface area contributed by atoms with Crippen LogP contribution in [0.4, 0.5) is 39.0 Å². The zero-order valence-corrected chi connectivity index (χ0v) is 15.9. The van der Waals surface area contributed by atoms with Gasteiger partial charge in [0.15, 0.2) is 0 Å². The molecular weight excluding hydrogens is 417 g/mol. The lowest BCUT2D eigenvalue weighted by Gasteiger charge is -2.25. The smallest absolute Gasteiger partial charge is 0.461 e. The highest BCUT2D eigenvalue weighted by atomic mass is 19.4. The normalized spacial score (nSPS) is 12.5. The third-order valence-electron chi connectivity index (χ3n) is 4.38. The molecule has 0 spiro atoms. The molecule has 3 aromatic carbocycles. The second kappa shape index (κ2) is 8.59. The number of ketones is 1. The molecule has 0 amide bonds. The number of carbonyl (C=O) groups is 1. The Morgan fingerprint density at radius 3 is 1.55 bits per heavy atom. The predicted molar refractivity (Wildman–Crippen MR) is 108 cm³/mol. The average molecular weight is 433 g/mol. The van der Waals surface area contributed by atoms with Crippen LogP contribution in [-0.4, -0.2) is 23.0 Å². The number of carbonyl (C=O) groups excluding carboxylic acids is 1. The van der Waals surface area contributed by atoms with E-state index in [0.29, 0.717) is 5.69 Å². The lowest BCUT2D eigenvalue weighted by atomic mass is 10.1. The molecule has 1 N–H and O–H groups in total. The van der Waals surface area contributed by atoms with Crippen molar-refractivity contribution in [1.82, 2.24) is 0 Å². The van der Waals surface area contributed by atoms with Gasteiger partial charge in [-0.15, -0.1) is 0 Å². The van der Waals surface area contributed by atoms with Crippen LogP contribution in [-0.2, 0) is 4.79 Å². The summed E-state index contributed by atoms with van der Waals surface area (Å²) in [7, 11) is 0. The maximum atomic E-state index is 13.1. The molecule has 0 saturated carbocycles. The maximum Gasteiger partial charge on any atom is 0.461 e. The van der Waals surface area contributed by atoms with Gasteiger partial charge in [-0.1, -0.05) is 36.4 Å². The molecule has 0 saturated heterocycles. The first-order chi connectivity index (χ1) is 14.6. The van der Waals surface area contributed by atoms with Crippen molar-refractivity contribution < 1.29 is 31.9 Å². The minimum absolute atomic E-state index is 0.0869. The number of aliphatic hydroxyl groups excluding tert-OH is 1. The molecule has 3 rings (SSSR count).